The van der Waals surface area contributed by atoms with Gasteiger partial charge in [0.15, 0.2) is 0 Å². The Kier molecular flexibility index (Phi) is 5.09. The van der Waals surface area contributed by atoms with Crippen LogP contribution >= 0.6 is 0 Å². The zero-order valence-corrected chi connectivity index (χ0v) is 18.3. The maximum Gasteiger partial charge on any atom is 0.220 e. The van der Waals surface area contributed by atoms with Gasteiger partial charge in [0.1, 0.15) is 11.5 Å². The van der Waals surface area contributed by atoms with Crippen LogP contribution in [0, 0.1) is 28.6 Å². The van der Waals surface area contributed by atoms with Crippen LogP contribution in [0.4, 0.5) is 0 Å². The number of ether oxygens (including phenoxy) is 2. The van der Waals surface area contributed by atoms with Gasteiger partial charge in [-0.1, -0.05) is 27.7 Å². The summed E-state index contributed by atoms with van der Waals surface area (Å²) in [5.74, 6) is 2.33. The predicted molar refractivity (Wildman–Crippen MR) is 112 cm³/mol. The first-order chi connectivity index (χ1) is 13.7. The summed E-state index contributed by atoms with van der Waals surface area (Å²) in [5.41, 5.74) is 0.909. The highest BCUT2D eigenvalue weighted by molar-refractivity contribution is 5.76. The van der Waals surface area contributed by atoms with Crippen molar-refractivity contribution >= 4 is 5.91 Å². The van der Waals surface area contributed by atoms with Crippen molar-refractivity contribution in [2.45, 2.75) is 65.5 Å². The monoisotopic (exact) mass is 401 g/mol. The minimum atomic E-state index is -0.163. The Morgan fingerprint density at radius 2 is 2.14 bits per heavy atom. The fourth-order valence-electron chi connectivity index (χ4n) is 6.57. The molecule has 3 aliphatic rings. The van der Waals surface area contributed by atoms with E-state index in [1.54, 1.807) is 19.2 Å². The third kappa shape index (κ3) is 3.22. The average Bonchev–Trinajstić information content (AvgIpc) is 3.14. The van der Waals surface area contributed by atoms with E-state index < -0.39 is 0 Å². The second-order valence-corrected chi connectivity index (χ2v) is 10.4. The molecule has 2 N–H and O–H groups in total. The summed E-state index contributed by atoms with van der Waals surface area (Å²) in [6.07, 6.45) is 3.57. The van der Waals surface area contributed by atoms with Gasteiger partial charge in [-0.2, -0.15) is 0 Å². The molecule has 3 fully saturated rings. The van der Waals surface area contributed by atoms with Crippen LogP contribution in [0.2, 0.25) is 0 Å². The Morgan fingerprint density at radius 1 is 1.38 bits per heavy atom. The van der Waals surface area contributed by atoms with Crippen molar-refractivity contribution in [1.82, 2.24) is 5.32 Å². The lowest BCUT2D eigenvalue weighted by molar-refractivity contribution is -0.138. The van der Waals surface area contributed by atoms with E-state index in [4.69, 9.17) is 9.47 Å². The van der Waals surface area contributed by atoms with Gasteiger partial charge >= 0.3 is 0 Å². The van der Waals surface area contributed by atoms with Crippen LogP contribution in [-0.4, -0.2) is 30.8 Å². The van der Waals surface area contributed by atoms with Crippen LogP contribution in [0.3, 0.4) is 0 Å². The third-order valence-corrected chi connectivity index (χ3v) is 7.95. The molecule has 1 amide bonds. The minimum absolute atomic E-state index is 0.0270. The number of aromatic hydroxyl groups is 1. The molecule has 4 rings (SSSR count). The van der Waals surface area contributed by atoms with Gasteiger partial charge in [-0.3, -0.25) is 4.79 Å². The van der Waals surface area contributed by atoms with Crippen LogP contribution in [0.25, 0.3) is 0 Å². The molecule has 0 radical (unpaired) electrons. The van der Waals surface area contributed by atoms with Gasteiger partial charge < -0.3 is 19.9 Å². The van der Waals surface area contributed by atoms with Gasteiger partial charge in [-0.25, -0.2) is 0 Å². The number of carbonyl (C=O) groups is 1. The average molecular weight is 402 g/mol. The summed E-state index contributed by atoms with van der Waals surface area (Å²) in [5, 5.41) is 14.0. The van der Waals surface area contributed by atoms with Gasteiger partial charge in [0.05, 0.1) is 13.2 Å². The SMILES string of the molecule is COc1ccc(O)c([C@H]2OCC[C@@]34C[C@@H](C[C@H]23)C(C)(C)[C@@H]4NC(=O)CC(C)C)c1. The zero-order valence-electron chi connectivity index (χ0n) is 18.3. The molecule has 2 saturated carbocycles. The molecule has 2 bridgehead atoms. The quantitative estimate of drug-likeness (QED) is 0.765. The molecule has 5 nitrogen and oxygen atoms in total. The molecule has 1 heterocycles. The lowest BCUT2D eigenvalue weighted by Crippen LogP contribution is -2.59. The van der Waals surface area contributed by atoms with E-state index in [9.17, 15) is 9.90 Å². The first-order valence-electron chi connectivity index (χ1n) is 11.0. The molecule has 1 spiro atoms. The molecular weight excluding hydrogens is 366 g/mol. The van der Waals surface area contributed by atoms with Crippen molar-refractivity contribution in [3.63, 3.8) is 0 Å². The maximum atomic E-state index is 12.7. The van der Waals surface area contributed by atoms with Crippen molar-refractivity contribution in [2.24, 2.45) is 28.6 Å². The van der Waals surface area contributed by atoms with Crippen molar-refractivity contribution in [3.8, 4) is 11.5 Å². The number of rotatable bonds is 5. The minimum Gasteiger partial charge on any atom is -0.508 e. The van der Waals surface area contributed by atoms with Crippen molar-refractivity contribution < 1.29 is 19.4 Å². The number of amides is 1. The largest absolute Gasteiger partial charge is 0.508 e. The number of methoxy groups -OCH3 is 1. The molecule has 0 aromatic heterocycles. The Balaban J connectivity index is 1.67. The van der Waals surface area contributed by atoms with Gasteiger partial charge in [0, 0.05) is 24.6 Å². The van der Waals surface area contributed by atoms with Gasteiger partial charge in [0.2, 0.25) is 5.91 Å². The number of carbonyl (C=O) groups excluding carboxylic acids is 1. The Hall–Kier alpha value is -1.75. The Bertz CT molecular complexity index is 789. The predicted octanol–water partition coefficient (Wildman–Crippen LogP) is 4.45. The van der Waals surface area contributed by atoms with E-state index in [-0.39, 0.29) is 40.6 Å². The molecule has 29 heavy (non-hydrogen) atoms. The molecular formula is C24H35NO4. The topological polar surface area (TPSA) is 67.8 Å². The number of hydrogen-bond acceptors (Lipinski definition) is 4. The highest BCUT2D eigenvalue weighted by atomic mass is 16.5. The Labute approximate surface area is 174 Å². The molecule has 1 aromatic rings. The number of benzene rings is 1. The van der Waals surface area contributed by atoms with Crippen LogP contribution in [0.5, 0.6) is 11.5 Å². The highest BCUT2D eigenvalue weighted by Crippen LogP contribution is 2.70. The van der Waals surface area contributed by atoms with E-state index in [0.717, 1.165) is 30.6 Å². The maximum absolute atomic E-state index is 12.7. The summed E-state index contributed by atoms with van der Waals surface area (Å²) in [4.78, 5) is 12.7. The first kappa shape index (κ1) is 20.5. The molecule has 5 atom stereocenters. The van der Waals surface area contributed by atoms with Gasteiger partial charge in [-0.15, -0.1) is 0 Å². The summed E-state index contributed by atoms with van der Waals surface area (Å²) in [6.45, 7) is 9.45. The molecule has 1 saturated heterocycles. The zero-order chi connectivity index (χ0) is 21.0. The van der Waals surface area contributed by atoms with E-state index in [1.165, 1.54) is 0 Å². The molecule has 160 valence electrons. The summed E-state index contributed by atoms with van der Waals surface area (Å²) < 4.78 is 11.7. The fourth-order valence-corrected chi connectivity index (χ4v) is 6.57. The van der Waals surface area contributed by atoms with Gasteiger partial charge in [0.25, 0.3) is 0 Å². The van der Waals surface area contributed by atoms with Crippen LogP contribution in [0.1, 0.15) is 65.0 Å². The van der Waals surface area contributed by atoms with Crippen LogP contribution in [-0.2, 0) is 9.53 Å². The second kappa shape index (κ2) is 7.19. The smallest absolute Gasteiger partial charge is 0.220 e. The third-order valence-electron chi connectivity index (χ3n) is 7.95. The summed E-state index contributed by atoms with van der Waals surface area (Å²) in [7, 11) is 1.64. The standard InChI is InChI=1S/C24H35NO4/c1-14(2)10-20(27)25-22-23(3,4)15-11-18-21(29-9-8-24(18,22)13-15)17-12-16(28-5)6-7-19(17)26/h6-7,12,14-15,18,21-22,26H,8-11,13H2,1-5H3,(H,25,27)/t15-,18-,21-,22+,24-/m1/s1. The number of phenols is 1. The van der Waals surface area contributed by atoms with Crippen LogP contribution in [0.15, 0.2) is 18.2 Å². The lowest BCUT2D eigenvalue weighted by atomic mass is 9.58. The molecule has 1 aromatic carbocycles. The molecule has 0 unspecified atom stereocenters. The lowest BCUT2D eigenvalue weighted by Gasteiger charge is -2.53. The number of nitrogens with one attached hydrogen (secondary N) is 1. The first-order valence-corrected chi connectivity index (χ1v) is 11.0. The Morgan fingerprint density at radius 3 is 2.83 bits per heavy atom. The highest BCUT2D eigenvalue weighted by Gasteiger charge is 2.68. The summed E-state index contributed by atoms with van der Waals surface area (Å²) >= 11 is 0. The van der Waals surface area contributed by atoms with Crippen molar-refractivity contribution in [3.05, 3.63) is 23.8 Å². The summed E-state index contributed by atoms with van der Waals surface area (Å²) in [6, 6.07) is 5.51. The second-order valence-electron chi connectivity index (χ2n) is 10.4. The molecule has 5 heteroatoms. The molecule has 1 aliphatic heterocycles. The number of hydrogen-bond donors (Lipinski definition) is 2. The van der Waals surface area contributed by atoms with E-state index in [2.05, 4.69) is 33.0 Å². The van der Waals surface area contributed by atoms with Crippen molar-refractivity contribution in [1.29, 1.82) is 0 Å². The van der Waals surface area contributed by atoms with Crippen molar-refractivity contribution in [2.75, 3.05) is 13.7 Å². The van der Waals surface area contributed by atoms with E-state index in [0.29, 0.717) is 24.9 Å². The van der Waals surface area contributed by atoms with Crippen LogP contribution < -0.4 is 10.1 Å². The van der Waals surface area contributed by atoms with Gasteiger partial charge in [-0.05, 0) is 66.0 Å². The van der Waals surface area contributed by atoms with E-state index in [1.807, 2.05) is 6.07 Å². The molecule has 2 aliphatic carbocycles. The van der Waals surface area contributed by atoms with E-state index >= 15 is 0 Å². The number of fused-ring (bicyclic) bond motifs is 1. The fraction of sp³-hybridized carbons (Fsp3) is 0.708. The normalized spacial score (nSPS) is 34.8. The number of phenolic OH excluding ortho intramolecular Hbond substituents is 1.